The molecule has 3 nitrogen and oxygen atoms in total. The lowest BCUT2D eigenvalue weighted by Crippen LogP contribution is -2.71. The molecule has 1 rings (SSSR count). The van der Waals surface area contributed by atoms with Gasteiger partial charge in [-0.1, -0.05) is 6.92 Å². The number of aliphatic hydroxyl groups is 1. The van der Waals surface area contributed by atoms with E-state index in [1.165, 1.54) is 0 Å². The molecule has 1 aliphatic rings. The molecule has 0 aromatic carbocycles. The van der Waals surface area contributed by atoms with E-state index in [0.29, 0.717) is 12.8 Å². The average molecular weight is 228 g/mol. The number of hydrogen-bond donors (Lipinski definition) is 3. The van der Waals surface area contributed by atoms with E-state index in [4.69, 9.17) is 5.73 Å². The molecule has 16 heavy (non-hydrogen) atoms. The Morgan fingerprint density at radius 2 is 1.56 bits per heavy atom. The Balaban J connectivity index is 3.05. The summed E-state index contributed by atoms with van der Waals surface area (Å²) in [5.74, 6) is 0. The first kappa shape index (κ1) is 13.9. The van der Waals surface area contributed by atoms with Gasteiger partial charge in [0.1, 0.15) is 0 Å². The standard InChI is InChI=1S/C13H28N2O/c1-7-12(6,14)13(16)8-10(2,3)15-11(4,5)9-13/h15-16H,7-9,14H2,1-6H3. The van der Waals surface area contributed by atoms with Crippen LogP contribution in [0.2, 0.25) is 0 Å². The molecule has 3 heteroatoms. The van der Waals surface area contributed by atoms with E-state index < -0.39 is 11.1 Å². The number of rotatable bonds is 2. The van der Waals surface area contributed by atoms with Crippen LogP contribution in [0.1, 0.15) is 60.8 Å². The molecule has 1 fully saturated rings. The van der Waals surface area contributed by atoms with Gasteiger partial charge in [-0.3, -0.25) is 0 Å². The van der Waals surface area contributed by atoms with E-state index in [1.807, 2.05) is 13.8 Å². The van der Waals surface area contributed by atoms with Crippen LogP contribution in [0.15, 0.2) is 0 Å². The van der Waals surface area contributed by atoms with Crippen LogP contribution < -0.4 is 11.1 Å². The second kappa shape index (κ2) is 3.69. The zero-order valence-corrected chi connectivity index (χ0v) is 11.6. The summed E-state index contributed by atoms with van der Waals surface area (Å²) in [6, 6.07) is 0. The minimum atomic E-state index is -0.792. The molecule has 0 aromatic rings. The van der Waals surface area contributed by atoms with Crippen LogP contribution >= 0.6 is 0 Å². The van der Waals surface area contributed by atoms with Crippen molar-refractivity contribution >= 4 is 0 Å². The molecule has 1 unspecified atom stereocenters. The summed E-state index contributed by atoms with van der Waals surface area (Å²) in [4.78, 5) is 0. The lowest BCUT2D eigenvalue weighted by molar-refractivity contribution is -0.104. The molecule has 0 spiro atoms. The van der Waals surface area contributed by atoms with Crippen molar-refractivity contribution in [3.8, 4) is 0 Å². The van der Waals surface area contributed by atoms with E-state index in [0.717, 1.165) is 6.42 Å². The quantitative estimate of drug-likeness (QED) is 0.675. The molecular formula is C13H28N2O. The van der Waals surface area contributed by atoms with Crippen LogP contribution in [0, 0.1) is 0 Å². The maximum Gasteiger partial charge on any atom is 0.0858 e. The Morgan fingerprint density at radius 3 is 1.88 bits per heavy atom. The van der Waals surface area contributed by atoms with Crippen molar-refractivity contribution in [1.82, 2.24) is 5.32 Å². The first-order chi connectivity index (χ1) is 6.93. The third-order valence-corrected chi connectivity index (χ3v) is 3.94. The van der Waals surface area contributed by atoms with E-state index in [2.05, 4.69) is 33.0 Å². The molecule has 1 atom stereocenters. The zero-order valence-electron chi connectivity index (χ0n) is 11.6. The molecule has 96 valence electrons. The number of hydrogen-bond acceptors (Lipinski definition) is 3. The summed E-state index contributed by atoms with van der Waals surface area (Å²) < 4.78 is 0. The van der Waals surface area contributed by atoms with Gasteiger partial charge in [0, 0.05) is 16.6 Å². The SMILES string of the molecule is CCC(C)(N)C1(O)CC(C)(C)NC(C)(C)C1. The van der Waals surface area contributed by atoms with E-state index in [1.54, 1.807) is 0 Å². The van der Waals surface area contributed by atoms with E-state index in [-0.39, 0.29) is 11.1 Å². The Morgan fingerprint density at radius 1 is 1.19 bits per heavy atom. The van der Waals surface area contributed by atoms with Crippen molar-refractivity contribution < 1.29 is 5.11 Å². The van der Waals surface area contributed by atoms with Crippen molar-refractivity contribution in [3.63, 3.8) is 0 Å². The summed E-state index contributed by atoms with van der Waals surface area (Å²) >= 11 is 0. The Labute approximate surface area is 99.8 Å². The van der Waals surface area contributed by atoms with Crippen LogP contribution in [0.4, 0.5) is 0 Å². The van der Waals surface area contributed by atoms with Crippen molar-refractivity contribution in [1.29, 1.82) is 0 Å². The average Bonchev–Trinajstić information content (AvgIpc) is 1.96. The monoisotopic (exact) mass is 228 g/mol. The predicted molar refractivity (Wildman–Crippen MR) is 68.4 cm³/mol. The molecule has 0 saturated carbocycles. The maximum absolute atomic E-state index is 10.9. The van der Waals surface area contributed by atoms with Gasteiger partial charge in [-0.25, -0.2) is 0 Å². The Bertz CT molecular complexity index is 253. The largest absolute Gasteiger partial charge is 0.388 e. The second-order valence-electron chi connectivity index (χ2n) is 7.05. The fraction of sp³-hybridized carbons (Fsp3) is 1.00. The molecule has 4 N–H and O–H groups in total. The highest BCUT2D eigenvalue weighted by atomic mass is 16.3. The van der Waals surface area contributed by atoms with Gasteiger partial charge in [0.2, 0.25) is 0 Å². The summed E-state index contributed by atoms with van der Waals surface area (Å²) in [5, 5.41) is 14.5. The van der Waals surface area contributed by atoms with Crippen LogP contribution in [-0.4, -0.2) is 27.3 Å². The highest BCUT2D eigenvalue weighted by Crippen LogP contribution is 2.42. The van der Waals surface area contributed by atoms with Gasteiger partial charge in [0.25, 0.3) is 0 Å². The van der Waals surface area contributed by atoms with Crippen LogP contribution in [0.5, 0.6) is 0 Å². The first-order valence-electron chi connectivity index (χ1n) is 6.24. The normalized spacial score (nSPS) is 30.8. The highest BCUT2D eigenvalue weighted by Gasteiger charge is 2.53. The molecule has 0 aliphatic carbocycles. The smallest absolute Gasteiger partial charge is 0.0858 e. The topological polar surface area (TPSA) is 58.3 Å². The number of piperidine rings is 1. The summed E-state index contributed by atoms with van der Waals surface area (Å²) in [7, 11) is 0. The van der Waals surface area contributed by atoms with Gasteiger partial charge >= 0.3 is 0 Å². The van der Waals surface area contributed by atoms with Crippen molar-refractivity contribution in [2.24, 2.45) is 5.73 Å². The second-order valence-corrected chi connectivity index (χ2v) is 7.05. The zero-order chi connectivity index (χ0) is 12.8. The lowest BCUT2D eigenvalue weighted by Gasteiger charge is -2.56. The number of nitrogens with two attached hydrogens (primary N) is 1. The molecule has 1 saturated heterocycles. The van der Waals surface area contributed by atoms with Gasteiger partial charge in [0.15, 0.2) is 0 Å². The van der Waals surface area contributed by atoms with Crippen molar-refractivity contribution in [2.45, 2.75) is 83.0 Å². The van der Waals surface area contributed by atoms with Crippen LogP contribution in [0.25, 0.3) is 0 Å². The van der Waals surface area contributed by atoms with Crippen LogP contribution in [-0.2, 0) is 0 Å². The molecule has 0 amide bonds. The molecule has 0 aromatic heterocycles. The van der Waals surface area contributed by atoms with E-state index >= 15 is 0 Å². The summed E-state index contributed by atoms with van der Waals surface area (Å²) in [6.07, 6.45) is 2.18. The van der Waals surface area contributed by atoms with Gasteiger partial charge < -0.3 is 16.2 Å². The number of nitrogens with one attached hydrogen (secondary N) is 1. The minimum Gasteiger partial charge on any atom is -0.388 e. The molecular weight excluding hydrogens is 200 g/mol. The Hall–Kier alpha value is -0.120. The third-order valence-electron chi connectivity index (χ3n) is 3.94. The Kier molecular flexibility index (Phi) is 3.21. The minimum absolute atomic E-state index is 0.0771. The predicted octanol–water partition coefficient (Wildman–Crippen LogP) is 1.79. The van der Waals surface area contributed by atoms with Gasteiger partial charge in [-0.05, 0) is 53.9 Å². The summed E-state index contributed by atoms with van der Waals surface area (Å²) in [6.45, 7) is 12.5. The van der Waals surface area contributed by atoms with Gasteiger partial charge in [-0.15, -0.1) is 0 Å². The third kappa shape index (κ3) is 2.58. The fourth-order valence-electron chi connectivity index (χ4n) is 3.26. The molecule has 0 radical (unpaired) electrons. The van der Waals surface area contributed by atoms with Crippen LogP contribution in [0.3, 0.4) is 0 Å². The fourth-order valence-corrected chi connectivity index (χ4v) is 3.26. The molecule has 1 heterocycles. The maximum atomic E-state index is 10.9. The highest BCUT2D eigenvalue weighted by molar-refractivity contribution is 5.12. The molecule has 0 bridgehead atoms. The van der Waals surface area contributed by atoms with Crippen molar-refractivity contribution in [3.05, 3.63) is 0 Å². The van der Waals surface area contributed by atoms with Gasteiger partial charge in [-0.2, -0.15) is 0 Å². The lowest BCUT2D eigenvalue weighted by atomic mass is 9.64. The summed E-state index contributed by atoms with van der Waals surface area (Å²) in [5.41, 5.74) is 4.82. The van der Waals surface area contributed by atoms with Gasteiger partial charge in [0.05, 0.1) is 5.60 Å². The first-order valence-corrected chi connectivity index (χ1v) is 6.24. The van der Waals surface area contributed by atoms with Crippen molar-refractivity contribution in [2.75, 3.05) is 0 Å². The van der Waals surface area contributed by atoms with E-state index in [9.17, 15) is 5.11 Å². The molecule has 1 aliphatic heterocycles.